The number of aliphatic hydroxyl groups is 1. The fraction of sp³-hybridized carbons (Fsp3) is 0.0667. The normalized spacial score (nSPS) is 15.4. The molecule has 3 nitrogen and oxygen atoms in total. The molecule has 0 bridgehead atoms. The predicted octanol–water partition coefficient (Wildman–Crippen LogP) is 2.50. The molecule has 0 aliphatic carbocycles. The summed E-state index contributed by atoms with van der Waals surface area (Å²) in [5.41, 5.74) is 1.92. The molecule has 0 amide bonds. The number of hydrogen-bond donors (Lipinski definition) is 1. The lowest BCUT2D eigenvalue weighted by atomic mass is 10.1. The highest BCUT2D eigenvalue weighted by molar-refractivity contribution is 7.91. The van der Waals surface area contributed by atoms with Crippen molar-refractivity contribution in [2.75, 3.05) is 0 Å². The third-order valence-corrected chi connectivity index (χ3v) is 5.08. The van der Waals surface area contributed by atoms with Crippen molar-refractivity contribution in [1.82, 2.24) is 0 Å². The van der Waals surface area contributed by atoms with Crippen LogP contribution in [-0.4, -0.2) is 13.5 Å². The molecule has 96 valence electrons. The van der Waals surface area contributed by atoms with Gasteiger partial charge in [0.1, 0.15) is 0 Å². The minimum atomic E-state index is -3.54. The van der Waals surface area contributed by atoms with Gasteiger partial charge in [0, 0.05) is 0 Å². The van der Waals surface area contributed by atoms with Crippen LogP contribution >= 0.6 is 0 Å². The number of hydrogen-bond acceptors (Lipinski definition) is 3. The number of sulfone groups is 1. The summed E-state index contributed by atoms with van der Waals surface area (Å²) in [6, 6.07) is 11.9. The molecule has 2 aromatic carbocycles. The first-order valence-corrected chi connectivity index (χ1v) is 7.37. The SMILES string of the molecule is O=S1(=O)c2ccccc2C=Cc2ccc(CO)cc21. The molecule has 1 aliphatic rings. The minimum Gasteiger partial charge on any atom is -0.392 e. The summed E-state index contributed by atoms with van der Waals surface area (Å²) in [4.78, 5) is 0.556. The third-order valence-electron chi connectivity index (χ3n) is 3.20. The van der Waals surface area contributed by atoms with Crippen molar-refractivity contribution in [3.63, 3.8) is 0 Å². The number of aliphatic hydroxyl groups excluding tert-OH is 1. The molecule has 0 spiro atoms. The van der Waals surface area contributed by atoms with Crippen LogP contribution in [0.4, 0.5) is 0 Å². The van der Waals surface area contributed by atoms with Crippen molar-refractivity contribution in [2.24, 2.45) is 0 Å². The Labute approximate surface area is 111 Å². The average Bonchev–Trinajstić information content (AvgIpc) is 2.55. The maximum absolute atomic E-state index is 12.7. The lowest BCUT2D eigenvalue weighted by Crippen LogP contribution is -2.05. The first-order chi connectivity index (χ1) is 9.13. The van der Waals surface area contributed by atoms with Crippen molar-refractivity contribution in [1.29, 1.82) is 0 Å². The zero-order chi connectivity index (χ0) is 13.5. The highest BCUT2D eigenvalue weighted by Crippen LogP contribution is 2.32. The fourth-order valence-electron chi connectivity index (χ4n) is 2.21. The summed E-state index contributed by atoms with van der Waals surface area (Å²) in [5.74, 6) is 0. The fourth-order valence-corrected chi connectivity index (χ4v) is 3.90. The van der Waals surface area contributed by atoms with E-state index in [9.17, 15) is 8.42 Å². The van der Waals surface area contributed by atoms with Gasteiger partial charge in [0.25, 0.3) is 0 Å². The molecule has 0 atom stereocenters. The number of rotatable bonds is 1. The minimum absolute atomic E-state index is 0.172. The summed E-state index contributed by atoms with van der Waals surface area (Å²) in [7, 11) is -3.54. The molecule has 0 fully saturated rings. The smallest absolute Gasteiger partial charge is 0.207 e. The zero-order valence-electron chi connectivity index (χ0n) is 10.1. The van der Waals surface area contributed by atoms with E-state index in [-0.39, 0.29) is 11.5 Å². The Morgan fingerprint density at radius 2 is 1.58 bits per heavy atom. The van der Waals surface area contributed by atoms with Gasteiger partial charge >= 0.3 is 0 Å². The molecular weight excluding hydrogens is 260 g/mol. The van der Waals surface area contributed by atoms with Gasteiger partial charge in [0.2, 0.25) is 9.84 Å². The van der Waals surface area contributed by atoms with E-state index in [0.717, 1.165) is 0 Å². The Balaban J connectivity index is 2.36. The van der Waals surface area contributed by atoms with Gasteiger partial charge in [0.05, 0.1) is 16.4 Å². The second-order valence-corrected chi connectivity index (χ2v) is 6.29. The molecule has 0 saturated carbocycles. The second kappa shape index (κ2) is 4.33. The molecule has 3 rings (SSSR count). The van der Waals surface area contributed by atoms with Crippen LogP contribution in [-0.2, 0) is 16.4 Å². The van der Waals surface area contributed by atoms with E-state index in [4.69, 9.17) is 5.11 Å². The molecule has 4 heteroatoms. The zero-order valence-corrected chi connectivity index (χ0v) is 10.9. The van der Waals surface area contributed by atoms with Gasteiger partial charge < -0.3 is 5.11 Å². The topological polar surface area (TPSA) is 54.4 Å². The van der Waals surface area contributed by atoms with E-state index in [1.165, 1.54) is 6.07 Å². The lowest BCUT2D eigenvalue weighted by molar-refractivity contribution is 0.281. The van der Waals surface area contributed by atoms with Crippen LogP contribution in [0.25, 0.3) is 12.2 Å². The standard InChI is InChI=1S/C15H12O3S/c16-10-11-5-6-13-8-7-12-3-1-2-4-14(12)19(17,18)15(13)9-11/h1-9,16H,10H2. The van der Waals surface area contributed by atoms with Crippen LogP contribution in [0.2, 0.25) is 0 Å². The van der Waals surface area contributed by atoms with Crippen LogP contribution < -0.4 is 0 Å². The predicted molar refractivity (Wildman–Crippen MR) is 73.2 cm³/mol. The van der Waals surface area contributed by atoms with Gasteiger partial charge in [-0.2, -0.15) is 0 Å². The van der Waals surface area contributed by atoms with Gasteiger partial charge in [0.15, 0.2) is 0 Å². The quantitative estimate of drug-likeness (QED) is 0.740. The van der Waals surface area contributed by atoms with Crippen LogP contribution in [0.3, 0.4) is 0 Å². The first kappa shape index (κ1) is 12.1. The number of fused-ring (bicyclic) bond motifs is 2. The third kappa shape index (κ3) is 1.89. The van der Waals surface area contributed by atoms with Crippen LogP contribution in [0.5, 0.6) is 0 Å². The summed E-state index contributed by atoms with van der Waals surface area (Å²) < 4.78 is 25.3. The van der Waals surface area contributed by atoms with Crippen LogP contribution in [0.1, 0.15) is 16.7 Å². The van der Waals surface area contributed by atoms with Crippen molar-refractivity contribution in [2.45, 2.75) is 16.4 Å². The Bertz CT molecular complexity index is 774. The van der Waals surface area contributed by atoms with Crippen LogP contribution in [0, 0.1) is 0 Å². The van der Waals surface area contributed by atoms with Gasteiger partial charge in [-0.05, 0) is 28.8 Å². The summed E-state index contributed by atoms with van der Waals surface area (Å²) in [6.45, 7) is -0.172. The van der Waals surface area contributed by atoms with Crippen molar-refractivity contribution in [3.05, 3.63) is 59.2 Å². The first-order valence-electron chi connectivity index (χ1n) is 5.89. The summed E-state index contributed by atoms with van der Waals surface area (Å²) in [5, 5.41) is 9.16. The van der Waals surface area contributed by atoms with Gasteiger partial charge in [-0.3, -0.25) is 0 Å². The van der Waals surface area contributed by atoms with E-state index in [1.807, 2.05) is 6.07 Å². The summed E-state index contributed by atoms with van der Waals surface area (Å²) >= 11 is 0. The molecule has 1 N–H and O–H groups in total. The Hall–Kier alpha value is -1.91. The molecule has 2 aromatic rings. The largest absolute Gasteiger partial charge is 0.392 e. The molecular formula is C15H12O3S. The molecule has 1 aliphatic heterocycles. The van der Waals surface area contributed by atoms with E-state index in [1.54, 1.807) is 42.5 Å². The van der Waals surface area contributed by atoms with Gasteiger partial charge in [-0.1, -0.05) is 42.5 Å². The molecule has 19 heavy (non-hydrogen) atoms. The van der Waals surface area contributed by atoms with Crippen molar-refractivity contribution >= 4 is 22.0 Å². The van der Waals surface area contributed by atoms with Gasteiger partial charge in [-0.15, -0.1) is 0 Å². The average molecular weight is 272 g/mol. The van der Waals surface area contributed by atoms with E-state index >= 15 is 0 Å². The maximum Gasteiger partial charge on any atom is 0.207 e. The highest BCUT2D eigenvalue weighted by atomic mass is 32.2. The van der Waals surface area contributed by atoms with Crippen molar-refractivity contribution < 1.29 is 13.5 Å². The maximum atomic E-state index is 12.7. The highest BCUT2D eigenvalue weighted by Gasteiger charge is 2.25. The Morgan fingerprint density at radius 1 is 0.895 bits per heavy atom. The lowest BCUT2D eigenvalue weighted by Gasteiger charge is -2.09. The molecule has 0 radical (unpaired) electrons. The monoisotopic (exact) mass is 272 g/mol. The van der Waals surface area contributed by atoms with Gasteiger partial charge in [-0.25, -0.2) is 8.42 Å². The molecule has 0 saturated heterocycles. The Kier molecular flexibility index (Phi) is 2.77. The molecule has 0 aromatic heterocycles. The molecule has 0 unspecified atom stereocenters. The van der Waals surface area contributed by atoms with E-state index in [2.05, 4.69) is 0 Å². The number of benzene rings is 2. The van der Waals surface area contributed by atoms with E-state index in [0.29, 0.717) is 21.6 Å². The second-order valence-electron chi connectivity index (χ2n) is 4.40. The molecule has 1 heterocycles. The van der Waals surface area contributed by atoms with E-state index < -0.39 is 9.84 Å². The summed E-state index contributed by atoms with van der Waals surface area (Å²) in [6.07, 6.45) is 3.59. The van der Waals surface area contributed by atoms with Crippen LogP contribution in [0.15, 0.2) is 52.3 Å². The Morgan fingerprint density at radius 3 is 2.32 bits per heavy atom. The van der Waals surface area contributed by atoms with Crippen molar-refractivity contribution in [3.8, 4) is 0 Å².